The van der Waals surface area contributed by atoms with Crippen molar-refractivity contribution in [3.05, 3.63) is 41.3 Å². The second-order valence-corrected chi connectivity index (χ2v) is 6.93. The van der Waals surface area contributed by atoms with Crippen molar-refractivity contribution >= 4 is 34.5 Å². The van der Waals surface area contributed by atoms with Crippen LogP contribution >= 0.6 is 11.8 Å². The highest BCUT2D eigenvalue weighted by atomic mass is 32.2. The van der Waals surface area contributed by atoms with Crippen molar-refractivity contribution in [2.75, 3.05) is 18.1 Å². The van der Waals surface area contributed by atoms with Gasteiger partial charge in [0.25, 0.3) is 5.91 Å². The number of carboxylic acids is 1. The lowest BCUT2D eigenvalue weighted by Gasteiger charge is -2.35. The fourth-order valence-corrected chi connectivity index (χ4v) is 3.96. The molecule has 7 heteroatoms. The van der Waals surface area contributed by atoms with E-state index in [1.54, 1.807) is 35.7 Å². The zero-order valence-corrected chi connectivity index (χ0v) is 14.0. The Morgan fingerprint density at radius 1 is 1.42 bits per heavy atom. The number of fused-ring (bicyclic) bond motifs is 1. The zero-order chi connectivity index (χ0) is 17.3. The number of nitrogens with zero attached hydrogens (tertiary/aromatic N) is 2. The van der Waals surface area contributed by atoms with Crippen molar-refractivity contribution in [1.29, 1.82) is 0 Å². The lowest BCUT2D eigenvalue weighted by atomic mass is 10.1. The molecule has 1 N–H and O–H groups in total. The van der Waals surface area contributed by atoms with Crippen molar-refractivity contribution in [1.82, 2.24) is 9.88 Å². The molecule has 0 saturated carbocycles. The first-order valence-electron chi connectivity index (χ1n) is 7.63. The first kappa shape index (κ1) is 16.7. The number of pyridine rings is 1. The highest BCUT2D eigenvalue weighted by Crippen LogP contribution is 2.24. The van der Waals surface area contributed by atoms with Crippen LogP contribution < -0.4 is 0 Å². The van der Waals surface area contributed by atoms with Gasteiger partial charge in [0.05, 0.1) is 29.2 Å². The van der Waals surface area contributed by atoms with Crippen LogP contribution in [0.15, 0.2) is 24.3 Å². The smallest absolute Gasteiger partial charge is 0.305 e. The molecule has 0 radical (unpaired) electrons. The maximum absolute atomic E-state index is 13.3. The standard InChI is InChI=1S/C17H17FN2O3S/c1-10-14(6-11-2-3-12(18)7-15(11)19-10)17(23)20-4-5-24-9-13(20)8-16(21)22/h2-3,6-7,13H,4-5,8-9H2,1H3,(H,21,22). The monoisotopic (exact) mass is 348 g/mol. The minimum absolute atomic E-state index is 0.0655. The average Bonchev–Trinajstić information content (AvgIpc) is 2.53. The van der Waals surface area contributed by atoms with E-state index in [1.807, 2.05) is 0 Å². The molecule has 1 fully saturated rings. The predicted octanol–water partition coefficient (Wildman–Crippen LogP) is 2.71. The van der Waals surface area contributed by atoms with Gasteiger partial charge in [-0.1, -0.05) is 0 Å². The van der Waals surface area contributed by atoms with Crippen LogP contribution in [0.5, 0.6) is 0 Å². The van der Waals surface area contributed by atoms with E-state index in [9.17, 15) is 14.0 Å². The molecule has 0 aliphatic carbocycles. The number of aryl methyl sites for hydroxylation is 1. The Hall–Kier alpha value is -2.15. The van der Waals surface area contributed by atoms with E-state index >= 15 is 0 Å². The van der Waals surface area contributed by atoms with Gasteiger partial charge in [-0.3, -0.25) is 14.6 Å². The summed E-state index contributed by atoms with van der Waals surface area (Å²) in [6.45, 7) is 2.23. The fraction of sp³-hybridized carbons (Fsp3) is 0.353. The SMILES string of the molecule is Cc1nc2cc(F)ccc2cc1C(=O)N1CCSCC1CC(=O)O. The molecule has 1 aliphatic heterocycles. The van der Waals surface area contributed by atoms with E-state index in [-0.39, 0.29) is 24.2 Å². The molecule has 5 nitrogen and oxygen atoms in total. The molecule has 1 amide bonds. The van der Waals surface area contributed by atoms with Gasteiger partial charge in [0, 0.05) is 29.5 Å². The van der Waals surface area contributed by atoms with Crippen molar-refractivity contribution < 1.29 is 19.1 Å². The van der Waals surface area contributed by atoms with Gasteiger partial charge in [0.1, 0.15) is 5.82 Å². The number of carboxylic acid groups (broad SMARTS) is 1. The van der Waals surface area contributed by atoms with Crippen LogP contribution in [0.25, 0.3) is 10.9 Å². The first-order chi connectivity index (χ1) is 11.5. The Morgan fingerprint density at radius 3 is 2.96 bits per heavy atom. The van der Waals surface area contributed by atoms with Crippen LogP contribution in [0.1, 0.15) is 22.5 Å². The summed E-state index contributed by atoms with van der Waals surface area (Å²) in [6.07, 6.45) is -0.0655. The van der Waals surface area contributed by atoms with Crippen LogP contribution in [0.4, 0.5) is 4.39 Å². The number of aromatic nitrogens is 1. The number of halogens is 1. The molecule has 0 bridgehead atoms. The summed E-state index contributed by atoms with van der Waals surface area (Å²) in [5.74, 6) is -0.0962. The molecule has 126 valence electrons. The van der Waals surface area contributed by atoms with Gasteiger partial charge >= 0.3 is 5.97 Å². The zero-order valence-electron chi connectivity index (χ0n) is 13.2. The van der Waals surface area contributed by atoms with E-state index < -0.39 is 5.97 Å². The number of amides is 1. The summed E-state index contributed by atoms with van der Waals surface area (Å²) in [5.41, 5.74) is 1.46. The van der Waals surface area contributed by atoms with E-state index in [0.29, 0.717) is 34.5 Å². The molecule has 2 heterocycles. The fourth-order valence-electron chi connectivity index (χ4n) is 2.90. The van der Waals surface area contributed by atoms with E-state index in [2.05, 4.69) is 4.98 Å². The van der Waals surface area contributed by atoms with E-state index in [0.717, 1.165) is 5.75 Å². The second-order valence-electron chi connectivity index (χ2n) is 5.78. The second kappa shape index (κ2) is 6.76. The molecule has 1 saturated heterocycles. The third-order valence-electron chi connectivity index (χ3n) is 4.10. The maximum atomic E-state index is 13.3. The average molecular weight is 348 g/mol. The summed E-state index contributed by atoms with van der Waals surface area (Å²) in [5, 5.41) is 9.75. The summed E-state index contributed by atoms with van der Waals surface area (Å²) in [6, 6.07) is 5.64. The van der Waals surface area contributed by atoms with Crippen LogP contribution in [0, 0.1) is 12.7 Å². The number of rotatable bonds is 3. The molecule has 1 atom stereocenters. The Morgan fingerprint density at radius 2 is 2.21 bits per heavy atom. The summed E-state index contributed by atoms with van der Waals surface area (Å²) < 4.78 is 13.3. The number of carbonyl (C=O) groups is 2. The van der Waals surface area contributed by atoms with Gasteiger partial charge in [-0.05, 0) is 25.1 Å². The first-order valence-corrected chi connectivity index (χ1v) is 8.78. The van der Waals surface area contributed by atoms with Crippen LogP contribution in [-0.4, -0.2) is 51.0 Å². The topological polar surface area (TPSA) is 70.5 Å². The van der Waals surface area contributed by atoms with Gasteiger partial charge in [0.2, 0.25) is 0 Å². The van der Waals surface area contributed by atoms with Crippen LogP contribution in [-0.2, 0) is 4.79 Å². The molecule has 1 aromatic carbocycles. The molecular formula is C17H17FN2O3S. The van der Waals surface area contributed by atoms with Gasteiger partial charge < -0.3 is 10.0 Å². The predicted molar refractivity (Wildman–Crippen MR) is 90.8 cm³/mol. The molecule has 2 aromatic rings. The minimum atomic E-state index is -0.913. The van der Waals surface area contributed by atoms with Gasteiger partial charge in [0.15, 0.2) is 0 Å². The molecule has 1 aromatic heterocycles. The van der Waals surface area contributed by atoms with Crippen LogP contribution in [0.2, 0.25) is 0 Å². The molecule has 3 rings (SSSR count). The van der Waals surface area contributed by atoms with Crippen LogP contribution in [0.3, 0.4) is 0 Å². The lowest BCUT2D eigenvalue weighted by Crippen LogP contribution is -2.47. The number of benzene rings is 1. The molecule has 24 heavy (non-hydrogen) atoms. The highest BCUT2D eigenvalue weighted by Gasteiger charge is 2.30. The summed E-state index contributed by atoms with van der Waals surface area (Å²) in [7, 11) is 0. The van der Waals surface area contributed by atoms with Gasteiger partial charge in [-0.25, -0.2) is 4.39 Å². The maximum Gasteiger partial charge on any atom is 0.305 e. The van der Waals surface area contributed by atoms with Crippen molar-refractivity contribution in [3.63, 3.8) is 0 Å². The minimum Gasteiger partial charge on any atom is -0.481 e. The van der Waals surface area contributed by atoms with Crippen molar-refractivity contribution in [2.24, 2.45) is 0 Å². The highest BCUT2D eigenvalue weighted by molar-refractivity contribution is 7.99. The normalized spacial score (nSPS) is 17.9. The Bertz CT molecular complexity index is 812. The number of aliphatic carboxylic acids is 1. The molecule has 0 spiro atoms. The number of thioether (sulfide) groups is 1. The lowest BCUT2D eigenvalue weighted by molar-refractivity contribution is -0.138. The number of hydrogen-bond donors (Lipinski definition) is 1. The third kappa shape index (κ3) is 3.36. The van der Waals surface area contributed by atoms with E-state index in [4.69, 9.17) is 5.11 Å². The Kier molecular flexibility index (Phi) is 4.71. The summed E-state index contributed by atoms with van der Waals surface area (Å²) in [4.78, 5) is 29.9. The van der Waals surface area contributed by atoms with Gasteiger partial charge in [-0.15, -0.1) is 0 Å². The Labute approximate surface area is 142 Å². The largest absolute Gasteiger partial charge is 0.481 e. The van der Waals surface area contributed by atoms with Crippen molar-refractivity contribution in [2.45, 2.75) is 19.4 Å². The molecule has 1 aliphatic rings. The summed E-state index contributed by atoms with van der Waals surface area (Å²) >= 11 is 1.66. The Balaban J connectivity index is 1.95. The van der Waals surface area contributed by atoms with Gasteiger partial charge in [-0.2, -0.15) is 11.8 Å². The number of carbonyl (C=O) groups excluding carboxylic acids is 1. The third-order valence-corrected chi connectivity index (χ3v) is 5.19. The molecular weight excluding hydrogens is 331 g/mol. The molecule has 1 unspecified atom stereocenters. The van der Waals surface area contributed by atoms with Crippen molar-refractivity contribution in [3.8, 4) is 0 Å². The quantitative estimate of drug-likeness (QED) is 0.923. The number of hydrogen-bond acceptors (Lipinski definition) is 4. The van der Waals surface area contributed by atoms with E-state index in [1.165, 1.54) is 12.1 Å².